The van der Waals surface area contributed by atoms with Gasteiger partial charge in [0.2, 0.25) is 10.0 Å². The predicted octanol–water partition coefficient (Wildman–Crippen LogP) is 2.43. The summed E-state index contributed by atoms with van der Waals surface area (Å²) in [5, 5.41) is 3.84. The zero-order valence-corrected chi connectivity index (χ0v) is 13.5. The number of hydrogen-bond acceptors (Lipinski definition) is 4. The first-order valence-corrected chi connectivity index (χ1v) is 8.27. The average Bonchev–Trinajstić information content (AvgIpc) is 2.72. The third-order valence-electron chi connectivity index (χ3n) is 3.22. The van der Waals surface area contributed by atoms with Crippen molar-refractivity contribution in [2.24, 2.45) is 0 Å². The molecule has 1 heterocycles. The molecule has 0 unspecified atom stereocenters. The Kier molecular flexibility index (Phi) is 4.49. The molecule has 0 saturated heterocycles. The highest BCUT2D eigenvalue weighted by Gasteiger charge is 2.19. The van der Waals surface area contributed by atoms with E-state index in [-0.39, 0.29) is 0 Å². The number of hydrogen-bond donors (Lipinski definition) is 1. The molecule has 1 aromatic heterocycles. The van der Waals surface area contributed by atoms with Gasteiger partial charge in [-0.1, -0.05) is 22.9 Å². The van der Waals surface area contributed by atoms with Crippen molar-refractivity contribution in [3.05, 3.63) is 46.3 Å². The summed E-state index contributed by atoms with van der Waals surface area (Å²) in [4.78, 5) is 0.365. The van der Waals surface area contributed by atoms with Gasteiger partial charge < -0.3 is 4.52 Å². The van der Waals surface area contributed by atoms with Crippen LogP contribution in [-0.2, 0) is 16.4 Å². The molecule has 0 bridgehead atoms. The Bertz CT molecular complexity index is 725. The molecular formula is C15H20N2O3S. The van der Waals surface area contributed by atoms with E-state index in [0.717, 1.165) is 28.1 Å². The monoisotopic (exact) mass is 308 g/mol. The van der Waals surface area contributed by atoms with Crippen LogP contribution in [-0.4, -0.2) is 20.1 Å². The maximum atomic E-state index is 12.4. The standard InChI is InChI=1S/C15H20N2O3S/c1-10-7-11(2)15(12(3)8-10)21(18,19)16-6-5-14-9-13(4)20-17-14/h7-9,16H,5-6H2,1-4H3. The minimum absolute atomic E-state index is 0.293. The molecule has 0 spiro atoms. The normalized spacial score (nSPS) is 11.8. The number of nitrogens with one attached hydrogen (secondary N) is 1. The lowest BCUT2D eigenvalue weighted by Gasteiger charge is -2.12. The lowest BCUT2D eigenvalue weighted by atomic mass is 10.1. The first kappa shape index (κ1) is 15.7. The second kappa shape index (κ2) is 5.99. The van der Waals surface area contributed by atoms with Gasteiger partial charge in [-0.25, -0.2) is 13.1 Å². The second-order valence-corrected chi connectivity index (χ2v) is 7.01. The summed E-state index contributed by atoms with van der Waals surface area (Å²) >= 11 is 0. The Balaban J connectivity index is 2.12. The Labute approximate surface area is 125 Å². The minimum atomic E-state index is -3.51. The lowest BCUT2D eigenvalue weighted by Crippen LogP contribution is -2.27. The summed E-state index contributed by atoms with van der Waals surface area (Å²) in [6, 6.07) is 5.56. The van der Waals surface area contributed by atoms with Gasteiger partial charge in [0.25, 0.3) is 0 Å². The topological polar surface area (TPSA) is 72.2 Å². The van der Waals surface area contributed by atoms with Crippen molar-refractivity contribution in [2.45, 2.75) is 39.0 Å². The first-order chi connectivity index (χ1) is 9.79. The molecule has 0 amide bonds. The van der Waals surface area contributed by atoms with E-state index in [9.17, 15) is 8.42 Å². The Morgan fingerprint density at radius 1 is 1.10 bits per heavy atom. The van der Waals surface area contributed by atoms with E-state index in [1.54, 1.807) is 13.0 Å². The zero-order valence-electron chi connectivity index (χ0n) is 12.7. The van der Waals surface area contributed by atoms with Gasteiger partial charge in [0.1, 0.15) is 5.76 Å². The summed E-state index contributed by atoms with van der Waals surface area (Å²) in [6.07, 6.45) is 0.501. The highest BCUT2D eigenvalue weighted by molar-refractivity contribution is 7.89. The molecule has 1 N–H and O–H groups in total. The van der Waals surface area contributed by atoms with Gasteiger partial charge in [0.05, 0.1) is 10.6 Å². The molecule has 1 aromatic carbocycles. The van der Waals surface area contributed by atoms with Gasteiger partial charge in [-0.15, -0.1) is 0 Å². The van der Waals surface area contributed by atoms with Gasteiger partial charge in [0.15, 0.2) is 0 Å². The van der Waals surface area contributed by atoms with Crippen LogP contribution in [0.3, 0.4) is 0 Å². The maximum Gasteiger partial charge on any atom is 0.241 e. The zero-order chi connectivity index (χ0) is 15.6. The number of aryl methyl sites for hydroxylation is 4. The van der Waals surface area contributed by atoms with Crippen LogP contribution in [0.2, 0.25) is 0 Å². The number of nitrogens with zero attached hydrogens (tertiary/aromatic N) is 1. The number of sulfonamides is 1. The summed E-state index contributed by atoms with van der Waals surface area (Å²) < 4.78 is 32.4. The Hall–Kier alpha value is -1.66. The fourth-order valence-corrected chi connectivity index (χ4v) is 3.99. The van der Waals surface area contributed by atoms with E-state index in [1.807, 2.05) is 32.9 Å². The second-order valence-electron chi connectivity index (χ2n) is 5.30. The summed E-state index contributed by atoms with van der Waals surface area (Å²) in [6.45, 7) is 7.68. The molecule has 0 aliphatic heterocycles. The molecule has 114 valence electrons. The van der Waals surface area contributed by atoms with Crippen LogP contribution < -0.4 is 4.72 Å². The van der Waals surface area contributed by atoms with Gasteiger partial charge in [-0.05, 0) is 38.8 Å². The lowest BCUT2D eigenvalue weighted by molar-refractivity contribution is 0.390. The minimum Gasteiger partial charge on any atom is -0.361 e. The predicted molar refractivity (Wildman–Crippen MR) is 80.8 cm³/mol. The quantitative estimate of drug-likeness (QED) is 0.921. The van der Waals surface area contributed by atoms with Crippen LogP contribution in [0.5, 0.6) is 0 Å². The van der Waals surface area contributed by atoms with Gasteiger partial charge >= 0.3 is 0 Å². The fourth-order valence-electron chi connectivity index (χ4n) is 2.51. The smallest absolute Gasteiger partial charge is 0.241 e. The van der Waals surface area contributed by atoms with Crippen molar-refractivity contribution in [3.8, 4) is 0 Å². The van der Waals surface area contributed by atoms with E-state index >= 15 is 0 Å². The van der Waals surface area contributed by atoms with Gasteiger partial charge in [0, 0.05) is 19.0 Å². The number of aromatic nitrogens is 1. The Morgan fingerprint density at radius 3 is 2.24 bits per heavy atom. The molecule has 2 aromatic rings. The molecule has 0 radical (unpaired) electrons. The van der Waals surface area contributed by atoms with Crippen LogP contribution in [0.25, 0.3) is 0 Å². The molecule has 0 fully saturated rings. The van der Waals surface area contributed by atoms with Crippen molar-refractivity contribution in [1.82, 2.24) is 9.88 Å². The molecule has 5 nitrogen and oxygen atoms in total. The number of rotatable bonds is 5. The summed E-state index contributed by atoms with van der Waals surface area (Å²) in [7, 11) is -3.51. The SMILES string of the molecule is Cc1cc(C)c(S(=O)(=O)NCCc2cc(C)on2)c(C)c1. The molecular weight excluding hydrogens is 288 g/mol. The largest absolute Gasteiger partial charge is 0.361 e. The molecule has 6 heteroatoms. The number of benzene rings is 1. The highest BCUT2D eigenvalue weighted by atomic mass is 32.2. The molecule has 0 aliphatic rings. The van der Waals surface area contributed by atoms with Crippen molar-refractivity contribution < 1.29 is 12.9 Å². The van der Waals surface area contributed by atoms with E-state index < -0.39 is 10.0 Å². The van der Waals surface area contributed by atoms with Crippen LogP contribution in [0.15, 0.2) is 27.6 Å². The van der Waals surface area contributed by atoms with E-state index in [4.69, 9.17) is 4.52 Å². The Morgan fingerprint density at radius 2 is 1.71 bits per heavy atom. The van der Waals surface area contributed by atoms with Crippen molar-refractivity contribution in [1.29, 1.82) is 0 Å². The van der Waals surface area contributed by atoms with Gasteiger partial charge in [-0.2, -0.15) is 0 Å². The summed E-state index contributed by atoms with van der Waals surface area (Å²) in [5.74, 6) is 0.720. The van der Waals surface area contributed by atoms with Crippen molar-refractivity contribution in [2.75, 3.05) is 6.54 Å². The molecule has 21 heavy (non-hydrogen) atoms. The van der Waals surface area contributed by atoms with Crippen LogP contribution in [0.4, 0.5) is 0 Å². The van der Waals surface area contributed by atoms with E-state index in [2.05, 4.69) is 9.88 Å². The fraction of sp³-hybridized carbons (Fsp3) is 0.400. The third-order valence-corrected chi connectivity index (χ3v) is 4.99. The molecule has 0 aliphatic carbocycles. The highest BCUT2D eigenvalue weighted by Crippen LogP contribution is 2.21. The van der Waals surface area contributed by atoms with Crippen molar-refractivity contribution >= 4 is 10.0 Å². The van der Waals surface area contributed by atoms with E-state index in [1.165, 1.54) is 0 Å². The van der Waals surface area contributed by atoms with Crippen LogP contribution >= 0.6 is 0 Å². The maximum absolute atomic E-state index is 12.4. The van der Waals surface area contributed by atoms with Gasteiger partial charge in [-0.3, -0.25) is 0 Å². The van der Waals surface area contributed by atoms with Crippen molar-refractivity contribution in [3.63, 3.8) is 0 Å². The molecule has 0 atom stereocenters. The average molecular weight is 308 g/mol. The molecule has 0 saturated carbocycles. The summed E-state index contributed by atoms with van der Waals surface area (Å²) in [5.41, 5.74) is 3.32. The first-order valence-electron chi connectivity index (χ1n) is 6.79. The van der Waals surface area contributed by atoms with E-state index in [0.29, 0.717) is 17.9 Å². The molecule has 2 rings (SSSR count). The third kappa shape index (κ3) is 3.71. The van der Waals surface area contributed by atoms with Crippen LogP contribution in [0, 0.1) is 27.7 Å². The van der Waals surface area contributed by atoms with Crippen LogP contribution in [0.1, 0.15) is 28.1 Å².